The first-order valence-corrected chi connectivity index (χ1v) is 3.59. The van der Waals surface area contributed by atoms with Crippen molar-refractivity contribution in [3.8, 4) is 0 Å². The molecule has 0 amide bonds. The van der Waals surface area contributed by atoms with Crippen LogP contribution in [0.3, 0.4) is 0 Å². The maximum absolute atomic E-state index is 11.1. The molecule has 0 bridgehead atoms. The van der Waals surface area contributed by atoms with Gasteiger partial charge in [0.25, 0.3) is 0 Å². The largest absolute Gasteiger partial charge is 0.458 e. The van der Waals surface area contributed by atoms with E-state index in [0.29, 0.717) is 5.56 Å². The van der Waals surface area contributed by atoms with Crippen LogP contribution in [0.15, 0.2) is 36.9 Å². The van der Waals surface area contributed by atoms with Crippen molar-refractivity contribution in [2.45, 2.75) is 0 Å². The monoisotopic (exact) mass is 161 g/mol. The molecule has 1 rings (SSSR count). The van der Waals surface area contributed by atoms with Gasteiger partial charge in [-0.05, 0) is 12.1 Å². The van der Waals surface area contributed by atoms with E-state index < -0.39 is 0 Å². The Morgan fingerprint density at radius 3 is 3.08 bits per heavy atom. The summed E-state index contributed by atoms with van der Waals surface area (Å²) in [5.41, 5.74) is 0.444. The molecule has 1 aromatic carbocycles. The van der Waals surface area contributed by atoms with Crippen LogP contribution in [0.25, 0.3) is 0 Å². The predicted molar refractivity (Wildman–Crippen MR) is 45.8 cm³/mol. The molecule has 0 fully saturated rings. The van der Waals surface area contributed by atoms with Crippen molar-refractivity contribution >= 4 is 5.97 Å². The maximum Gasteiger partial charge on any atom is 0.339 e. The van der Waals surface area contributed by atoms with Gasteiger partial charge in [0.1, 0.15) is 6.61 Å². The molecule has 0 unspecified atom stereocenters. The number of ether oxygens (including phenoxy) is 1. The second-order valence-corrected chi connectivity index (χ2v) is 2.16. The van der Waals surface area contributed by atoms with Gasteiger partial charge in [-0.15, -0.1) is 0 Å². The van der Waals surface area contributed by atoms with Crippen molar-refractivity contribution in [3.05, 3.63) is 48.6 Å². The van der Waals surface area contributed by atoms with E-state index in [0.717, 1.165) is 0 Å². The molecule has 0 heterocycles. The topological polar surface area (TPSA) is 26.3 Å². The molecule has 0 atom stereocenters. The van der Waals surface area contributed by atoms with Gasteiger partial charge >= 0.3 is 5.97 Å². The number of hydrogen-bond donors (Lipinski definition) is 0. The van der Waals surface area contributed by atoms with Crippen molar-refractivity contribution in [3.63, 3.8) is 0 Å². The molecule has 2 nitrogen and oxygen atoms in total. The molecule has 2 heteroatoms. The smallest absolute Gasteiger partial charge is 0.339 e. The number of esters is 1. The Morgan fingerprint density at radius 2 is 2.50 bits per heavy atom. The first-order valence-electron chi connectivity index (χ1n) is 3.59. The molecule has 0 aliphatic carbocycles. The van der Waals surface area contributed by atoms with Gasteiger partial charge in [0.2, 0.25) is 0 Å². The van der Waals surface area contributed by atoms with Crippen LogP contribution in [-0.4, -0.2) is 12.6 Å². The van der Waals surface area contributed by atoms with E-state index in [9.17, 15) is 4.79 Å². The SMILES string of the molecule is C=CCOC(=O)c1[c]cccc1. The molecule has 0 aliphatic heterocycles. The summed E-state index contributed by atoms with van der Waals surface area (Å²) in [5.74, 6) is -0.365. The van der Waals surface area contributed by atoms with Crippen LogP contribution < -0.4 is 0 Å². The number of carbonyl (C=O) groups excluding carboxylic acids is 1. The molecule has 0 aliphatic rings. The minimum Gasteiger partial charge on any atom is -0.458 e. The second-order valence-electron chi connectivity index (χ2n) is 2.16. The fourth-order valence-corrected chi connectivity index (χ4v) is 0.733. The van der Waals surface area contributed by atoms with E-state index in [-0.39, 0.29) is 12.6 Å². The quantitative estimate of drug-likeness (QED) is 0.499. The van der Waals surface area contributed by atoms with Gasteiger partial charge < -0.3 is 4.74 Å². The molecule has 0 saturated heterocycles. The number of carbonyl (C=O) groups is 1. The number of benzene rings is 1. The average molecular weight is 161 g/mol. The van der Waals surface area contributed by atoms with Gasteiger partial charge in [0, 0.05) is 0 Å². The second kappa shape index (κ2) is 4.34. The Hall–Kier alpha value is -1.57. The Labute approximate surface area is 71.5 Å². The van der Waals surface area contributed by atoms with E-state index >= 15 is 0 Å². The zero-order valence-electron chi connectivity index (χ0n) is 6.62. The highest BCUT2D eigenvalue weighted by molar-refractivity contribution is 5.88. The van der Waals surface area contributed by atoms with Crippen LogP contribution in [0, 0.1) is 6.07 Å². The van der Waals surface area contributed by atoms with Crippen molar-refractivity contribution in [1.82, 2.24) is 0 Å². The predicted octanol–water partition coefficient (Wildman–Crippen LogP) is 1.83. The number of rotatable bonds is 3. The first-order chi connectivity index (χ1) is 5.84. The van der Waals surface area contributed by atoms with Gasteiger partial charge in [-0.25, -0.2) is 4.79 Å². The van der Waals surface area contributed by atoms with Crippen molar-refractivity contribution < 1.29 is 9.53 Å². The Balaban J connectivity index is 2.59. The summed E-state index contributed by atoms with van der Waals surface area (Å²) >= 11 is 0. The van der Waals surface area contributed by atoms with Crippen LogP contribution in [0.1, 0.15) is 10.4 Å². The maximum atomic E-state index is 11.1. The van der Waals surface area contributed by atoms with Gasteiger partial charge in [-0.1, -0.05) is 30.9 Å². The Morgan fingerprint density at radius 1 is 1.67 bits per heavy atom. The molecule has 61 valence electrons. The van der Waals surface area contributed by atoms with Crippen LogP contribution in [-0.2, 0) is 4.74 Å². The third kappa shape index (κ3) is 2.23. The van der Waals surface area contributed by atoms with E-state index in [4.69, 9.17) is 4.74 Å². The minimum atomic E-state index is -0.365. The first kappa shape index (κ1) is 8.53. The normalized spacial score (nSPS) is 9.00. The highest BCUT2D eigenvalue weighted by Gasteiger charge is 2.03. The lowest BCUT2D eigenvalue weighted by molar-refractivity contribution is 0.0549. The van der Waals surface area contributed by atoms with Gasteiger partial charge in [0.15, 0.2) is 0 Å². The zero-order valence-corrected chi connectivity index (χ0v) is 6.62. The average Bonchev–Trinajstić information content (AvgIpc) is 2.15. The fourth-order valence-electron chi connectivity index (χ4n) is 0.733. The van der Waals surface area contributed by atoms with Crippen LogP contribution in [0.5, 0.6) is 0 Å². The van der Waals surface area contributed by atoms with Crippen molar-refractivity contribution in [2.24, 2.45) is 0 Å². The molecule has 0 saturated carbocycles. The van der Waals surface area contributed by atoms with E-state index in [1.807, 2.05) is 0 Å². The summed E-state index contributed by atoms with van der Waals surface area (Å²) < 4.78 is 4.79. The van der Waals surface area contributed by atoms with E-state index in [1.165, 1.54) is 6.08 Å². The summed E-state index contributed by atoms with van der Waals surface area (Å²) in [7, 11) is 0. The van der Waals surface area contributed by atoms with Crippen LogP contribution in [0.4, 0.5) is 0 Å². The van der Waals surface area contributed by atoms with E-state index in [2.05, 4.69) is 12.6 Å². The molecule has 0 N–H and O–H groups in total. The van der Waals surface area contributed by atoms with Crippen LogP contribution >= 0.6 is 0 Å². The molecule has 0 spiro atoms. The lowest BCUT2D eigenvalue weighted by Crippen LogP contribution is -2.04. The lowest BCUT2D eigenvalue weighted by Gasteiger charge is -1.99. The molecular formula is C10H9O2. The molecular weight excluding hydrogens is 152 g/mol. The lowest BCUT2D eigenvalue weighted by atomic mass is 10.2. The summed E-state index contributed by atoms with van der Waals surface area (Å²) in [5, 5.41) is 0. The highest BCUT2D eigenvalue weighted by Crippen LogP contribution is 1.99. The van der Waals surface area contributed by atoms with Gasteiger partial charge in [-0.2, -0.15) is 0 Å². The third-order valence-electron chi connectivity index (χ3n) is 1.26. The molecule has 1 aromatic rings. The fraction of sp³-hybridized carbons (Fsp3) is 0.100. The molecule has 1 radical (unpaired) electrons. The summed E-state index contributed by atoms with van der Waals surface area (Å²) in [6.07, 6.45) is 1.53. The summed E-state index contributed by atoms with van der Waals surface area (Å²) in [4.78, 5) is 11.1. The van der Waals surface area contributed by atoms with Gasteiger partial charge in [-0.3, -0.25) is 0 Å². The van der Waals surface area contributed by atoms with Crippen molar-refractivity contribution in [2.75, 3.05) is 6.61 Å². The standard InChI is InChI=1S/C10H9O2/c1-2-8-12-10(11)9-6-4-3-5-7-9/h2-6H,1,8H2. The van der Waals surface area contributed by atoms with Crippen molar-refractivity contribution in [1.29, 1.82) is 0 Å². The van der Waals surface area contributed by atoms with Crippen LogP contribution in [0.2, 0.25) is 0 Å². The Kier molecular flexibility index (Phi) is 3.08. The summed E-state index contributed by atoms with van der Waals surface area (Å²) in [6.45, 7) is 3.68. The highest BCUT2D eigenvalue weighted by atomic mass is 16.5. The third-order valence-corrected chi connectivity index (χ3v) is 1.26. The molecule has 12 heavy (non-hydrogen) atoms. The Bertz CT molecular complexity index is 264. The zero-order chi connectivity index (χ0) is 8.81. The molecule has 0 aromatic heterocycles. The van der Waals surface area contributed by atoms with Gasteiger partial charge in [0.05, 0.1) is 5.56 Å². The number of hydrogen-bond acceptors (Lipinski definition) is 2. The van der Waals surface area contributed by atoms with E-state index in [1.54, 1.807) is 24.3 Å². The summed E-state index contributed by atoms with van der Waals surface area (Å²) in [6, 6.07) is 9.66. The minimum absolute atomic E-state index is 0.238.